The second-order valence-corrected chi connectivity index (χ2v) is 3.03. The molecule has 2 nitrogen and oxygen atoms in total. The van der Waals surface area contributed by atoms with Crippen LogP contribution in [0, 0.1) is 0 Å². The summed E-state index contributed by atoms with van der Waals surface area (Å²) in [6.45, 7) is 0. The van der Waals surface area contributed by atoms with Crippen LogP contribution in [-0.4, -0.2) is 6.29 Å². The van der Waals surface area contributed by atoms with Crippen molar-refractivity contribution in [1.29, 1.82) is 0 Å². The van der Waals surface area contributed by atoms with E-state index in [4.69, 9.17) is 4.42 Å². The number of carbonyl (C=O) groups excluding carboxylic acids is 1. The number of aldehydes is 1. The molecule has 0 aliphatic heterocycles. The molecule has 0 amide bonds. The van der Waals surface area contributed by atoms with Gasteiger partial charge >= 0.3 is 0 Å². The molecule has 0 N–H and O–H groups in total. The molecular formula is C5H2Br2O2. The van der Waals surface area contributed by atoms with Gasteiger partial charge < -0.3 is 4.42 Å². The van der Waals surface area contributed by atoms with Crippen molar-refractivity contribution in [3.8, 4) is 0 Å². The smallest absolute Gasteiger partial charge is 0.186 e. The van der Waals surface area contributed by atoms with Crippen LogP contribution >= 0.6 is 31.9 Å². The standard InChI is InChI=1S/C5H2Br2O2/c6-3-2-9-4(1-8)5(3)7/h1-2H. The maximum Gasteiger partial charge on any atom is 0.186 e. The van der Waals surface area contributed by atoms with E-state index in [1.807, 2.05) is 0 Å². The molecule has 9 heavy (non-hydrogen) atoms. The van der Waals surface area contributed by atoms with Crippen LogP contribution in [0.25, 0.3) is 0 Å². The predicted octanol–water partition coefficient (Wildman–Crippen LogP) is 2.62. The second kappa shape index (κ2) is 2.66. The minimum atomic E-state index is 0.307. The summed E-state index contributed by atoms with van der Waals surface area (Å²) in [5.74, 6) is 0.307. The first kappa shape index (κ1) is 7.02. The van der Waals surface area contributed by atoms with Crippen molar-refractivity contribution in [1.82, 2.24) is 0 Å². The van der Waals surface area contributed by atoms with Crippen molar-refractivity contribution < 1.29 is 9.21 Å². The highest BCUT2D eigenvalue weighted by Gasteiger charge is 2.05. The summed E-state index contributed by atoms with van der Waals surface area (Å²) in [5, 5.41) is 0. The van der Waals surface area contributed by atoms with Gasteiger partial charge in [-0.15, -0.1) is 0 Å². The quantitative estimate of drug-likeness (QED) is 0.721. The van der Waals surface area contributed by atoms with Gasteiger partial charge in [0.05, 0.1) is 8.95 Å². The fraction of sp³-hybridized carbons (Fsp3) is 0. The van der Waals surface area contributed by atoms with Gasteiger partial charge in [-0.25, -0.2) is 0 Å². The zero-order valence-electron chi connectivity index (χ0n) is 4.23. The Bertz CT molecular complexity index is 229. The third kappa shape index (κ3) is 1.24. The lowest BCUT2D eigenvalue weighted by Crippen LogP contribution is -1.71. The number of carbonyl (C=O) groups is 1. The molecule has 0 fully saturated rings. The van der Waals surface area contributed by atoms with Gasteiger partial charge in [-0.3, -0.25) is 4.79 Å². The highest BCUT2D eigenvalue weighted by molar-refractivity contribution is 9.13. The molecule has 0 bridgehead atoms. The molecule has 0 spiro atoms. The molecule has 48 valence electrons. The lowest BCUT2D eigenvalue weighted by molar-refractivity contribution is 0.109. The fourth-order valence-electron chi connectivity index (χ4n) is 0.416. The first-order valence-electron chi connectivity index (χ1n) is 2.13. The van der Waals surface area contributed by atoms with Gasteiger partial charge in [0.1, 0.15) is 6.26 Å². The van der Waals surface area contributed by atoms with Crippen molar-refractivity contribution in [2.75, 3.05) is 0 Å². The molecule has 0 unspecified atom stereocenters. The topological polar surface area (TPSA) is 30.2 Å². The van der Waals surface area contributed by atoms with Gasteiger partial charge in [0.25, 0.3) is 0 Å². The zero-order chi connectivity index (χ0) is 6.85. The van der Waals surface area contributed by atoms with E-state index in [1.54, 1.807) is 0 Å². The molecule has 1 aromatic heterocycles. The monoisotopic (exact) mass is 252 g/mol. The Hall–Kier alpha value is -0.0900. The lowest BCUT2D eigenvalue weighted by Gasteiger charge is -1.79. The molecular weight excluding hydrogens is 252 g/mol. The second-order valence-electron chi connectivity index (χ2n) is 1.38. The third-order valence-corrected chi connectivity index (χ3v) is 2.76. The summed E-state index contributed by atoms with van der Waals surface area (Å²) in [7, 11) is 0. The van der Waals surface area contributed by atoms with E-state index < -0.39 is 0 Å². The van der Waals surface area contributed by atoms with Gasteiger partial charge in [-0.1, -0.05) is 0 Å². The normalized spacial score (nSPS) is 9.56. The zero-order valence-corrected chi connectivity index (χ0v) is 7.40. The van der Waals surface area contributed by atoms with Crippen LogP contribution in [0.4, 0.5) is 0 Å². The molecule has 0 aromatic carbocycles. The summed E-state index contributed by atoms with van der Waals surface area (Å²) in [4.78, 5) is 10.1. The van der Waals surface area contributed by atoms with E-state index in [0.29, 0.717) is 16.5 Å². The predicted molar refractivity (Wildman–Crippen MR) is 39.5 cm³/mol. The Labute approximate surface area is 68.5 Å². The van der Waals surface area contributed by atoms with Crippen molar-refractivity contribution in [3.05, 3.63) is 21.0 Å². The Morgan fingerprint density at radius 3 is 2.44 bits per heavy atom. The Balaban J connectivity index is 3.18. The van der Waals surface area contributed by atoms with Gasteiger partial charge in [0.15, 0.2) is 12.0 Å². The summed E-state index contributed by atoms with van der Waals surface area (Å²) < 4.78 is 6.20. The fourth-order valence-corrected chi connectivity index (χ4v) is 0.985. The molecule has 0 aliphatic rings. The summed E-state index contributed by atoms with van der Waals surface area (Å²) >= 11 is 6.30. The van der Waals surface area contributed by atoms with Crippen LogP contribution < -0.4 is 0 Å². The van der Waals surface area contributed by atoms with E-state index in [2.05, 4.69) is 31.9 Å². The third-order valence-electron chi connectivity index (χ3n) is 0.822. The molecule has 0 aliphatic carbocycles. The average Bonchev–Trinajstić information content (AvgIpc) is 2.15. The van der Waals surface area contributed by atoms with Crippen LogP contribution in [0.5, 0.6) is 0 Å². The van der Waals surface area contributed by atoms with Crippen LogP contribution in [0.1, 0.15) is 10.6 Å². The van der Waals surface area contributed by atoms with Gasteiger partial charge in [0, 0.05) is 0 Å². The maximum atomic E-state index is 10.1. The number of halogens is 2. The molecule has 1 rings (SSSR count). The van der Waals surface area contributed by atoms with Gasteiger partial charge in [-0.2, -0.15) is 0 Å². The first-order chi connectivity index (χ1) is 4.25. The largest absolute Gasteiger partial charge is 0.459 e. The van der Waals surface area contributed by atoms with Crippen LogP contribution in [-0.2, 0) is 0 Å². The van der Waals surface area contributed by atoms with Crippen molar-refractivity contribution in [2.24, 2.45) is 0 Å². The lowest BCUT2D eigenvalue weighted by atomic mass is 10.5. The van der Waals surface area contributed by atoms with Crippen molar-refractivity contribution in [2.45, 2.75) is 0 Å². The molecule has 0 atom stereocenters. The highest BCUT2D eigenvalue weighted by atomic mass is 79.9. The maximum absolute atomic E-state index is 10.1. The Morgan fingerprint density at radius 1 is 1.56 bits per heavy atom. The number of rotatable bonds is 1. The molecule has 0 saturated carbocycles. The van der Waals surface area contributed by atoms with E-state index in [9.17, 15) is 4.79 Å². The van der Waals surface area contributed by atoms with Crippen LogP contribution in [0.3, 0.4) is 0 Å². The minimum absolute atomic E-state index is 0.307. The number of hydrogen-bond donors (Lipinski definition) is 0. The average molecular weight is 254 g/mol. The van der Waals surface area contributed by atoms with E-state index in [0.717, 1.165) is 4.47 Å². The first-order valence-corrected chi connectivity index (χ1v) is 3.72. The van der Waals surface area contributed by atoms with E-state index in [-0.39, 0.29) is 0 Å². The minimum Gasteiger partial charge on any atom is -0.459 e. The van der Waals surface area contributed by atoms with Gasteiger partial charge in [0.2, 0.25) is 0 Å². The summed E-state index contributed by atoms with van der Waals surface area (Å²) in [6, 6.07) is 0. The molecule has 4 heteroatoms. The van der Waals surface area contributed by atoms with E-state index >= 15 is 0 Å². The van der Waals surface area contributed by atoms with Gasteiger partial charge in [-0.05, 0) is 31.9 Å². The van der Waals surface area contributed by atoms with Crippen LogP contribution in [0.2, 0.25) is 0 Å². The Kier molecular flexibility index (Phi) is 2.08. The molecule has 0 saturated heterocycles. The van der Waals surface area contributed by atoms with E-state index in [1.165, 1.54) is 6.26 Å². The summed E-state index contributed by atoms with van der Waals surface area (Å²) in [5.41, 5.74) is 0. The van der Waals surface area contributed by atoms with Crippen molar-refractivity contribution >= 4 is 38.1 Å². The summed E-state index contributed by atoms with van der Waals surface area (Å²) in [6.07, 6.45) is 2.10. The molecule has 1 heterocycles. The number of furan rings is 1. The SMILES string of the molecule is O=Cc1occ(Br)c1Br. The number of hydrogen-bond acceptors (Lipinski definition) is 2. The van der Waals surface area contributed by atoms with Crippen LogP contribution in [0.15, 0.2) is 19.6 Å². The van der Waals surface area contributed by atoms with Crippen molar-refractivity contribution in [3.63, 3.8) is 0 Å². The molecule has 1 aromatic rings. The highest BCUT2D eigenvalue weighted by Crippen LogP contribution is 2.26. The molecule has 0 radical (unpaired) electrons. The Morgan fingerprint density at radius 2 is 2.22 bits per heavy atom.